The van der Waals surface area contributed by atoms with Crippen LogP contribution in [-0.4, -0.2) is 9.71 Å². The van der Waals surface area contributed by atoms with Crippen molar-refractivity contribution in [1.82, 2.24) is 0 Å². The van der Waals surface area contributed by atoms with E-state index in [2.05, 4.69) is 45.2 Å². The lowest BCUT2D eigenvalue weighted by Crippen LogP contribution is -2.20. The zero-order valence-electron chi connectivity index (χ0n) is 6.14. The third kappa shape index (κ3) is 1.57. The summed E-state index contributed by atoms with van der Waals surface area (Å²) in [5.41, 5.74) is 0.982. The molecule has 1 aromatic heterocycles. The number of rotatable bonds is 0. The van der Waals surface area contributed by atoms with Gasteiger partial charge in [0.15, 0.2) is 5.78 Å². The van der Waals surface area contributed by atoms with Gasteiger partial charge >= 0.3 is 0 Å². The maximum atomic E-state index is 11.6. The average molecular weight is 404 g/mol. The van der Waals surface area contributed by atoms with E-state index in [-0.39, 0.29) is 3.92 Å². The highest BCUT2D eigenvalue weighted by Gasteiger charge is 2.26. The second kappa shape index (κ2) is 3.53. The molecule has 0 aliphatic heterocycles. The lowest BCUT2D eigenvalue weighted by Gasteiger charge is -2.14. The molecule has 1 unspecified atom stereocenters. The van der Waals surface area contributed by atoms with Crippen molar-refractivity contribution < 1.29 is 4.79 Å². The Morgan fingerprint density at radius 2 is 2.33 bits per heavy atom. The van der Waals surface area contributed by atoms with Crippen LogP contribution in [0.25, 0.3) is 0 Å². The molecule has 0 saturated carbocycles. The maximum absolute atomic E-state index is 11.6. The van der Waals surface area contributed by atoms with Crippen LogP contribution in [0.2, 0.25) is 0 Å². The Morgan fingerprint density at radius 3 is 3.08 bits per heavy atom. The number of carbonyl (C=O) groups excluding carboxylic acids is 1. The molecule has 64 valence electrons. The first-order valence-corrected chi connectivity index (χ1v) is 6.79. The molecule has 2 rings (SSSR count). The third-order valence-electron chi connectivity index (χ3n) is 1.95. The van der Waals surface area contributed by atoms with Crippen LogP contribution in [0.3, 0.4) is 0 Å². The first-order chi connectivity index (χ1) is 5.68. The van der Waals surface area contributed by atoms with Crippen LogP contribution in [0, 0.1) is 2.88 Å². The van der Waals surface area contributed by atoms with Gasteiger partial charge in [0, 0.05) is 10.4 Å². The van der Waals surface area contributed by atoms with Crippen LogP contribution < -0.4 is 0 Å². The summed E-state index contributed by atoms with van der Waals surface area (Å²) in [4.78, 5) is 12.9. The molecule has 1 atom stereocenters. The molecule has 1 aliphatic rings. The number of halogens is 2. The van der Waals surface area contributed by atoms with Gasteiger partial charge in [0.1, 0.15) is 0 Å². The summed E-state index contributed by atoms with van der Waals surface area (Å²) in [6, 6.07) is 2.02. The normalized spacial score (nSPS) is 22.5. The number of thiophene rings is 1. The molecular formula is C8H6I2OS. The SMILES string of the molecule is O=C1c2cc(I)sc2CCC1I. The Balaban J connectivity index is 2.48. The van der Waals surface area contributed by atoms with Crippen molar-refractivity contribution in [2.45, 2.75) is 16.8 Å². The van der Waals surface area contributed by atoms with Crippen LogP contribution in [0.4, 0.5) is 0 Å². The number of ketones is 1. The van der Waals surface area contributed by atoms with E-state index in [4.69, 9.17) is 0 Å². The van der Waals surface area contributed by atoms with Crippen molar-refractivity contribution in [3.63, 3.8) is 0 Å². The number of fused-ring (bicyclic) bond motifs is 1. The molecule has 0 amide bonds. The monoisotopic (exact) mass is 404 g/mol. The van der Waals surface area contributed by atoms with Gasteiger partial charge in [-0.2, -0.15) is 0 Å². The number of hydrogen-bond donors (Lipinski definition) is 0. The van der Waals surface area contributed by atoms with Gasteiger partial charge in [0.25, 0.3) is 0 Å². The van der Waals surface area contributed by atoms with E-state index >= 15 is 0 Å². The van der Waals surface area contributed by atoms with Crippen LogP contribution in [-0.2, 0) is 6.42 Å². The molecule has 0 saturated heterocycles. The molecular weight excluding hydrogens is 398 g/mol. The highest BCUT2D eigenvalue weighted by molar-refractivity contribution is 14.1. The molecule has 0 radical (unpaired) electrons. The van der Waals surface area contributed by atoms with Gasteiger partial charge in [-0.1, -0.05) is 22.6 Å². The smallest absolute Gasteiger partial charge is 0.176 e. The Bertz CT molecular complexity index is 332. The van der Waals surface area contributed by atoms with Crippen LogP contribution in [0.5, 0.6) is 0 Å². The number of aryl methyl sites for hydroxylation is 1. The Labute approximate surface area is 102 Å². The van der Waals surface area contributed by atoms with E-state index in [0.29, 0.717) is 5.78 Å². The molecule has 4 heteroatoms. The largest absolute Gasteiger partial charge is 0.293 e. The Kier molecular flexibility index (Phi) is 2.76. The van der Waals surface area contributed by atoms with Gasteiger partial charge in [-0.15, -0.1) is 11.3 Å². The predicted octanol–water partition coefficient (Wildman–Crippen LogP) is 3.29. The number of alkyl halides is 1. The van der Waals surface area contributed by atoms with Crippen LogP contribution in [0.1, 0.15) is 21.7 Å². The summed E-state index contributed by atoms with van der Waals surface area (Å²) in [6.07, 6.45) is 2.10. The van der Waals surface area contributed by atoms with Crippen molar-refractivity contribution in [3.05, 3.63) is 19.4 Å². The number of hydrogen-bond acceptors (Lipinski definition) is 2. The first-order valence-electron chi connectivity index (χ1n) is 3.65. The first kappa shape index (κ1) is 9.39. The van der Waals surface area contributed by atoms with Gasteiger partial charge in [-0.25, -0.2) is 0 Å². The van der Waals surface area contributed by atoms with Gasteiger partial charge in [0.2, 0.25) is 0 Å². The van der Waals surface area contributed by atoms with Crippen molar-refractivity contribution in [2.24, 2.45) is 0 Å². The lowest BCUT2D eigenvalue weighted by molar-refractivity contribution is 0.0985. The minimum absolute atomic E-state index is 0.209. The molecule has 0 bridgehead atoms. The third-order valence-corrected chi connectivity index (χ3v) is 5.10. The number of carbonyl (C=O) groups is 1. The standard InChI is InChI=1S/C8H6I2OS/c9-5-1-2-6-4(8(5)11)3-7(10)12-6/h3,5H,1-2H2. The van der Waals surface area contributed by atoms with Gasteiger partial charge < -0.3 is 0 Å². The van der Waals surface area contributed by atoms with E-state index in [1.54, 1.807) is 11.3 Å². The zero-order valence-corrected chi connectivity index (χ0v) is 11.3. The minimum atomic E-state index is 0.209. The van der Waals surface area contributed by atoms with E-state index in [0.717, 1.165) is 18.4 Å². The van der Waals surface area contributed by atoms with E-state index in [9.17, 15) is 4.79 Å². The summed E-state index contributed by atoms with van der Waals surface area (Å²) in [5, 5.41) is 0. The quantitative estimate of drug-likeness (QED) is 0.480. The van der Waals surface area contributed by atoms with E-state index in [1.807, 2.05) is 6.07 Å². The Morgan fingerprint density at radius 1 is 1.58 bits per heavy atom. The van der Waals surface area contributed by atoms with Crippen molar-refractivity contribution in [1.29, 1.82) is 0 Å². The molecule has 1 nitrogen and oxygen atoms in total. The second-order valence-electron chi connectivity index (χ2n) is 2.76. The fraction of sp³-hybridized carbons (Fsp3) is 0.375. The van der Waals surface area contributed by atoms with Gasteiger partial charge in [0.05, 0.1) is 6.81 Å². The number of Topliss-reactive ketones (excluding diaryl/α,β-unsaturated/α-hetero) is 1. The van der Waals surface area contributed by atoms with Crippen molar-refractivity contribution >= 4 is 62.3 Å². The highest BCUT2D eigenvalue weighted by Crippen LogP contribution is 2.32. The summed E-state index contributed by atoms with van der Waals surface area (Å²) in [6.45, 7) is 0. The summed E-state index contributed by atoms with van der Waals surface area (Å²) >= 11 is 6.28. The fourth-order valence-electron chi connectivity index (χ4n) is 1.35. The maximum Gasteiger partial charge on any atom is 0.176 e. The molecule has 1 heterocycles. The molecule has 1 aliphatic carbocycles. The second-order valence-corrected chi connectivity index (χ2v) is 7.29. The summed E-state index contributed by atoms with van der Waals surface area (Å²) in [7, 11) is 0. The fourth-order valence-corrected chi connectivity index (χ4v) is 4.01. The minimum Gasteiger partial charge on any atom is -0.293 e. The van der Waals surface area contributed by atoms with Gasteiger partial charge in [-0.05, 0) is 41.5 Å². The zero-order chi connectivity index (χ0) is 8.72. The molecule has 0 aromatic carbocycles. The molecule has 0 N–H and O–H groups in total. The highest BCUT2D eigenvalue weighted by atomic mass is 127. The van der Waals surface area contributed by atoms with Crippen LogP contribution in [0.15, 0.2) is 6.07 Å². The molecule has 0 fully saturated rings. The van der Waals surface area contributed by atoms with E-state index in [1.165, 1.54) is 7.76 Å². The molecule has 12 heavy (non-hydrogen) atoms. The predicted molar refractivity (Wildman–Crippen MR) is 67.5 cm³/mol. The summed E-state index contributed by atoms with van der Waals surface area (Å²) in [5.74, 6) is 0.330. The molecule has 0 spiro atoms. The lowest BCUT2D eigenvalue weighted by atomic mass is 9.98. The molecule has 1 aromatic rings. The van der Waals surface area contributed by atoms with Gasteiger partial charge in [-0.3, -0.25) is 4.79 Å². The van der Waals surface area contributed by atoms with Crippen molar-refractivity contribution in [2.75, 3.05) is 0 Å². The van der Waals surface area contributed by atoms with Crippen LogP contribution >= 0.6 is 56.5 Å². The topological polar surface area (TPSA) is 17.1 Å². The summed E-state index contributed by atoms with van der Waals surface area (Å²) < 4.78 is 1.44. The van der Waals surface area contributed by atoms with E-state index < -0.39 is 0 Å². The average Bonchev–Trinajstić information content (AvgIpc) is 2.39. The Hall–Kier alpha value is 0.830. The van der Waals surface area contributed by atoms with Crippen molar-refractivity contribution in [3.8, 4) is 0 Å².